The highest BCUT2D eigenvalue weighted by Gasteiger charge is 2.26. The minimum Gasteiger partial charge on any atom is -0.399 e. The van der Waals surface area contributed by atoms with Crippen molar-refractivity contribution >= 4 is 5.71 Å². The number of hydrogen-bond donors (Lipinski definition) is 0. The van der Waals surface area contributed by atoms with Crippen molar-refractivity contribution in [3.63, 3.8) is 0 Å². The van der Waals surface area contributed by atoms with E-state index >= 15 is 0 Å². The summed E-state index contributed by atoms with van der Waals surface area (Å²) in [5.41, 5.74) is 1.23. The summed E-state index contributed by atoms with van der Waals surface area (Å²) in [7, 11) is 1.61. The molecule has 0 saturated heterocycles. The molecule has 0 radical (unpaired) electrons. The van der Waals surface area contributed by atoms with Crippen LogP contribution in [0, 0.1) is 5.92 Å². The molecule has 2 nitrogen and oxygen atoms in total. The average Bonchev–Trinajstić information content (AvgIpc) is 2.64. The van der Waals surface area contributed by atoms with Crippen molar-refractivity contribution in [3.8, 4) is 0 Å². The lowest BCUT2D eigenvalue weighted by molar-refractivity contribution is 0.211. The monoisotopic (exact) mass is 127 g/mol. The Morgan fingerprint density at radius 3 is 2.67 bits per heavy atom. The van der Waals surface area contributed by atoms with Gasteiger partial charge in [0.05, 0.1) is 5.71 Å². The summed E-state index contributed by atoms with van der Waals surface area (Å²) >= 11 is 0. The van der Waals surface area contributed by atoms with Crippen molar-refractivity contribution in [2.24, 2.45) is 11.1 Å². The zero-order valence-corrected chi connectivity index (χ0v) is 6.05. The molecule has 0 aromatic heterocycles. The van der Waals surface area contributed by atoms with Crippen LogP contribution in [0.4, 0.5) is 0 Å². The summed E-state index contributed by atoms with van der Waals surface area (Å²) in [6.45, 7) is 2.12. The molecule has 1 rings (SSSR count). The lowest BCUT2D eigenvalue weighted by Crippen LogP contribution is -1.98. The van der Waals surface area contributed by atoms with E-state index in [1.807, 2.05) is 0 Å². The average molecular weight is 127 g/mol. The maximum Gasteiger partial charge on any atom is 0.106 e. The van der Waals surface area contributed by atoms with E-state index in [0.29, 0.717) is 0 Å². The summed E-state index contributed by atoms with van der Waals surface area (Å²) in [6, 6.07) is 0. The second-order valence-corrected chi connectivity index (χ2v) is 2.39. The number of hydrogen-bond acceptors (Lipinski definition) is 2. The summed E-state index contributed by atoms with van der Waals surface area (Å²) in [5.74, 6) is 0.759. The molecule has 0 aliphatic heterocycles. The van der Waals surface area contributed by atoms with Crippen LogP contribution in [-0.4, -0.2) is 12.8 Å². The van der Waals surface area contributed by atoms with Crippen LogP contribution in [0.15, 0.2) is 5.16 Å². The van der Waals surface area contributed by atoms with Crippen molar-refractivity contribution in [1.82, 2.24) is 0 Å². The van der Waals surface area contributed by atoms with Crippen molar-refractivity contribution in [2.45, 2.75) is 26.2 Å². The fourth-order valence-corrected chi connectivity index (χ4v) is 0.962. The molecule has 0 heterocycles. The number of oxime groups is 1. The van der Waals surface area contributed by atoms with Gasteiger partial charge in [0, 0.05) is 5.92 Å². The zero-order chi connectivity index (χ0) is 6.69. The van der Waals surface area contributed by atoms with E-state index in [4.69, 9.17) is 0 Å². The van der Waals surface area contributed by atoms with Gasteiger partial charge in [-0.2, -0.15) is 0 Å². The Balaban J connectivity index is 2.37. The van der Waals surface area contributed by atoms with Gasteiger partial charge in [0.2, 0.25) is 0 Å². The van der Waals surface area contributed by atoms with E-state index < -0.39 is 0 Å². The molecule has 9 heavy (non-hydrogen) atoms. The minimum absolute atomic E-state index is 0.759. The van der Waals surface area contributed by atoms with Crippen LogP contribution < -0.4 is 0 Å². The molecule has 0 aromatic rings. The lowest BCUT2D eigenvalue weighted by Gasteiger charge is -1.96. The van der Waals surface area contributed by atoms with Gasteiger partial charge in [-0.3, -0.25) is 0 Å². The van der Waals surface area contributed by atoms with Gasteiger partial charge in [0.25, 0.3) is 0 Å². The third-order valence-electron chi connectivity index (χ3n) is 1.62. The molecular weight excluding hydrogens is 114 g/mol. The Morgan fingerprint density at radius 2 is 2.33 bits per heavy atom. The lowest BCUT2D eigenvalue weighted by atomic mass is 10.2. The molecule has 0 unspecified atom stereocenters. The summed E-state index contributed by atoms with van der Waals surface area (Å²) in [4.78, 5) is 4.68. The molecule has 0 atom stereocenters. The van der Waals surface area contributed by atoms with Crippen LogP contribution in [0.25, 0.3) is 0 Å². The van der Waals surface area contributed by atoms with Crippen LogP contribution in [0.2, 0.25) is 0 Å². The van der Waals surface area contributed by atoms with Gasteiger partial charge in [-0.05, 0) is 19.3 Å². The molecule has 1 saturated carbocycles. The van der Waals surface area contributed by atoms with E-state index in [2.05, 4.69) is 16.9 Å². The zero-order valence-electron chi connectivity index (χ0n) is 6.05. The summed E-state index contributed by atoms with van der Waals surface area (Å²) < 4.78 is 0. The van der Waals surface area contributed by atoms with Gasteiger partial charge in [0.1, 0.15) is 7.11 Å². The molecule has 1 aliphatic rings. The van der Waals surface area contributed by atoms with Gasteiger partial charge in [0.15, 0.2) is 0 Å². The van der Waals surface area contributed by atoms with Gasteiger partial charge in [-0.25, -0.2) is 0 Å². The van der Waals surface area contributed by atoms with E-state index in [0.717, 1.165) is 12.3 Å². The predicted octanol–water partition coefficient (Wildman–Crippen LogP) is 1.81. The number of rotatable bonds is 3. The van der Waals surface area contributed by atoms with E-state index in [9.17, 15) is 0 Å². The predicted molar refractivity (Wildman–Crippen MR) is 37.5 cm³/mol. The Labute approximate surface area is 55.9 Å². The van der Waals surface area contributed by atoms with Gasteiger partial charge < -0.3 is 4.84 Å². The van der Waals surface area contributed by atoms with Crippen LogP contribution in [-0.2, 0) is 4.84 Å². The quantitative estimate of drug-likeness (QED) is 0.418. The molecule has 0 spiro atoms. The topological polar surface area (TPSA) is 21.6 Å². The molecule has 52 valence electrons. The fraction of sp³-hybridized carbons (Fsp3) is 0.857. The first-order valence-corrected chi connectivity index (χ1v) is 3.48. The van der Waals surface area contributed by atoms with Crippen molar-refractivity contribution in [3.05, 3.63) is 0 Å². The molecule has 2 heteroatoms. The highest BCUT2D eigenvalue weighted by atomic mass is 16.6. The first-order chi connectivity index (χ1) is 4.38. The Kier molecular flexibility index (Phi) is 2.09. The van der Waals surface area contributed by atoms with Crippen molar-refractivity contribution in [2.75, 3.05) is 7.11 Å². The van der Waals surface area contributed by atoms with E-state index in [1.165, 1.54) is 18.6 Å². The van der Waals surface area contributed by atoms with E-state index in [1.54, 1.807) is 7.11 Å². The standard InChI is InChI=1S/C7H13NO/c1-3-7(8-9-2)6-4-5-6/h6H,3-5H2,1-2H3/b8-7-. The highest BCUT2D eigenvalue weighted by molar-refractivity contribution is 5.87. The molecule has 0 N–H and O–H groups in total. The smallest absolute Gasteiger partial charge is 0.106 e. The van der Waals surface area contributed by atoms with Crippen molar-refractivity contribution < 1.29 is 4.84 Å². The molecule has 0 aromatic carbocycles. The molecular formula is C7H13NO. The maximum atomic E-state index is 4.68. The SMILES string of the molecule is CC/C(=N/OC)C1CC1. The Hall–Kier alpha value is -0.530. The maximum absolute atomic E-state index is 4.68. The second kappa shape index (κ2) is 2.85. The number of nitrogens with zero attached hydrogens (tertiary/aromatic N) is 1. The van der Waals surface area contributed by atoms with Crippen LogP contribution in [0.1, 0.15) is 26.2 Å². The van der Waals surface area contributed by atoms with Gasteiger partial charge in [-0.15, -0.1) is 0 Å². The van der Waals surface area contributed by atoms with Crippen LogP contribution >= 0.6 is 0 Å². The van der Waals surface area contributed by atoms with E-state index in [-0.39, 0.29) is 0 Å². The van der Waals surface area contributed by atoms with Crippen LogP contribution in [0.5, 0.6) is 0 Å². The Morgan fingerprint density at radius 1 is 1.67 bits per heavy atom. The molecule has 1 fully saturated rings. The van der Waals surface area contributed by atoms with Gasteiger partial charge in [-0.1, -0.05) is 12.1 Å². The molecule has 1 aliphatic carbocycles. The minimum atomic E-state index is 0.759. The fourth-order valence-electron chi connectivity index (χ4n) is 0.962. The highest BCUT2D eigenvalue weighted by Crippen LogP contribution is 2.31. The second-order valence-electron chi connectivity index (χ2n) is 2.39. The molecule has 0 amide bonds. The first-order valence-electron chi connectivity index (χ1n) is 3.48. The third-order valence-corrected chi connectivity index (χ3v) is 1.62. The molecule has 0 bridgehead atoms. The van der Waals surface area contributed by atoms with Crippen LogP contribution in [0.3, 0.4) is 0 Å². The normalized spacial score (nSPS) is 20.0. The van der Waals surface area contributed by atoms with Crippen molar-refractivity contribution in [1.29, 1.82) is 0 Å². The first kappa shape index (κ1) is 6.59. The summed E-state index contributed by atoms with van der Waals surface area (Å²) in [6.07, 6.45) is 3.67. The third kappa shape index (κ3) is 1.70. The summed E-state index contributed by atoms with van der Waals surface area (Å²) in [5, 5.41) is 3.92. The largest absolute Gasteiger partial charge is 0.399 e. The van der Waals surface area contributed by atoms with Gasteiger partial charge >= 0.3 is 0 Å². The Bertz CT molecular complexity index is 116.